The average Bonchev–Trinajstić information content (AvgIpc) is 2.82. The van der Waals surface area contributed by atoms with Crippen LogP contribution in [-0.2, 0) is 11.0 Å². The number of carbonyl (C=O) groups excluding carboxylic acids is 1. The van der Waals surface area contributed by atoms with Gasteiger partial charge in [0, 0.05) is 12.1 Å². The Morgan fingerprint density at radius 3 is 2.42 bits per heavy atom. The molecule has 1 saturated carbocycles. The number of anilines is 1. The normalized spacial score (nSPS) is 17.4. The molecule has 26 heavy (non-hydrogen) atoms. The Balaban J connectivity index is 2.10. The van der Waals surface area contributed by atoms with Gasteiger partial charge in [-0.1, -0.05) is 12.8 Å². The fourth-order valence-electron chi connectivity index (χ4n) is 3.23. The van der Waals surface area contributed by atoms with E-state index in [2.05, 4.69) is 5.32 Å². The number of nitro benzene ring substituents is 1. The van der Waals surface area contributed by atoms with Gasteiger partial charge in [0.15, 0.2) is 6.04 Å². The predicted molar refractivity (Wildman–Crippen MR) is 89.6 cm³/mol. The first-order valence-electron chi connectivity index (χ1n) is 8.70. The number of rotatable bonds is 5. The second kappa shape index (κ2) is 8.48. The molecular weight excluding hydrogens is 351 g/mol. The lowest BCUT2D eigenvalue weighted by molar-refractivity contribution is -0.707. The van der Waals surface area contributed by atoms with E-state index in [-0.39, 0.29) is 6.04 Å². The molecule has 1 fully saturated rings. The second-order valence-electron chi connectivity index (χ2n) is 6.71. The second-order valence-corrected chi connectivity index (χ2v) is 6.71. The summed E-state index contributed by atoms with van der Waals surface area (Å²) in [6.45, 7) is 1.65. The molecule has 0 aliphatic heterocycles. The molecule has 1 aliphatic rings. The van der Waals surface area contributed by atoms with Gasteiger partial charge in [-0.05, 0) is 38.7 Å². The van der Waals surface area contributed by atoms with Gasteiger partial charge in [0.05, 0.1) is 22.2 Å². The van der Waals surface area contributed by atoms with Crippen LogP contribution < -0.4 is 10.6 Å². The first kappa shape index (κ1) is 20.2. The minimum Gasteiger partial charge on any atom is -0.334 e. The fourth-order valence-corrected chi connectivity index (χ4v) is 3.23. The van der Waals surface area contributed by atoms with E-state index >= 15 is 0 Å². The van der Waals surface area contributed by atoms with Crippen LogP contribution in [0.5, 0.6) is 0 Å². The van der Waals surface area contributed by atoms with Crippen molar-refractivity contribution in [3.8, 4) is 0 Å². The van der Waals surface area contributed by atoms with E-state index in [0.29, 0.717) is 6.07 Å². The largest absolute Gasteiger partial charge is 0.418 e. The van der Waals surface area contributed by atoms with Crippen molar-refractivity contribution >= 4 is 17.3 Å². The van der Waals surface area contributed by atoms with E-state index in [1.165, 1.54) is 12.8 Å². The predicted octanol–water partition coefficient (Wildman–Crippen LogP) is 3.23. The summed E-state index contributed by atoms with van der Waals surface area (Å²) >= 11 is 0. The third-order valence-electron chi connectivity index (χ3n) is 4.65. The van der Waals surface area contributed by atoms with Crippen LogP contribution >= 0.6 is 0 Å². The number of nitrogens with one attached hydrogen (secondary N) is 1. The SMILES string of the molecule is C[C@H]([NH2+]C1CCCCCC1)C(=O)Nc1ccc([N+](=O)[O-])cc1C(F)(F)F. The summed E-state index contributed by atoms with van der Waals surface area (Å²) in [6.07, 6.45) is 1.70. The zero-order chi connectivity index (χ0) is 19.3. The van der Waals surface area contributed by atoms with Crippen molar-refractivity contribution in [2.75, 3.05) is 5.32 Å². The molecule has 0 unspecified atom stereocenters. The molecule has 0 bridgehead atoms. The van der Waals surface area contributed by atoms with Gasteiger partial charge >= 0.3 is 6.18 Å². The average molecular weight is 374 g/mol. The molecule has 6 nitrogen and oxygen atoms in total. The Labute approximate surface area is 149 Å². The van der Waals surface area contributed by atoms with Crippen molar-refractivity contribution in [2.24, 2.45) is 0 Å². The molecule has 1 amide bonds. The molecule has 2 rings (SSSR count). The Bertz CT molecular complexity index is 656. The number of amides is 1. The van der Waals surface area contributed by atoms with Crippen molar-refractivity contribution in [3.05, 3.63) is 33.9 Å². The number of nitrogens with zero attached hydrogens (tertiary/aromatic N) is 1. The number of nitro groups is 1. The summed E-state index contributed by atoms with van der Waals surface area (Å²) in [5.74, 6) is -0.548. The van der Waals surface area contributed by atoms with Crippen molar-refractivity contribution in [1.29, 1.82) is 0 Å². The Kier molecular flexibility index (Phi) is 6.57. The first-order valence-corrected chi connectivity index (χ1v) is 8.70. The summed E-state index contributed by atoms with van der Waals surface area (Å²) < 4.78 is 39.5. The van der Waals surface area contributed by atoms with E-state index < -0.39 is 40.0 Å². The Morgan fingerprint density at radius 1 is 1.27 bits per heavy atom. The van der Waals surface area contributed by atoms with Gasteiger partial charge in [0.25, 0.3) is 11.6 Å². The van der Waals surface area contributed by atoms with Crippen molar-refractivity contribution in [2.45, 2.75) is 63.7 Å². The Hall–Kier alpha value is -2.16. The molecule has 1 aromatic rings. The molecule has 1 aromatic carbocycles. The molecular formula is C17H23F3N3O3+. The van der Waals surface area contributed by atoms with Gasteiger partial charge in [-0.25, -0.2) is 0 Å². The zero-order valence-electron chi connectivity index (χ0n) is 14.5. The number of hydrogen-bond donors (Lipinski definition) is 2. The number of halogens is 3. The fraction of sp³-hybridized carbons (Fsp3) is 0.588. The smallest absolute Gasteiger partial charge is 0.334 e. The highest BCUT2D eigenvalue weighted by atomic mass is 19.4. The molecule has 0 heterocycles. The Morgan fingerprint density at radius 2 is 1.88 bits per heavy atom. The summed E-state index contributed by atoms with van der Waals surface area (Å²) in [4.78, 5) is 22.1. The van der Waals surface area contributed by atoms with Crippen LogP contribution in [0.2, 0.25) is 0 Å². The third kappa shape index (κ3) is 5.42. The first-order chi connectivity index (χ1) is 12.2. The molecule has 0 saturated heterocycles. The third-order valence-corrected chi connectivity index (χ3v) is 4.65. The van der Waals surface area contributed by atoms with Crippen molar-refractivity contribution in [3.63, 3.8) is 0 Å². The standard InChI is InChI=1S/C17H22F3N3O3/c1-11(21-12-6-4-2-3-5-7-12)16(24)22-15-9-8-13(23(25)26)10-14(15)17(18,19)20/h8-12,21H,2-7H2,1H3,(H,22,24)/p+1/t11-/m0/s1. The number of alkyl halides is 3. The molecule has 0 spiro atoms. The highest BCUT2D eigenvalue weighted by Crippen LogP contribution is 2.37. The topological polar surface area (TPSA) is 88.8 Å². The van der Waals surface area contributed by atoms with E-state index in [0.717, 1.165) is 37.8 Å². The van der Waals surface area contributed by atoms with Crippen LogP contribution in [0.4, 0.5) is 24.5 Å². The summed E-state index contributed by atoms with van der Waals surface area (Å²) in [5, 5.41) is 14.9. The van der Waals surface area contributed by atoms with Gasteiger partial charge in [-0.2, -0.15) is 13.2 Å². The minimum atomic E-state index is -4.80. The number of carbonyl (C=O) groups is 1. The molecule has 9 heteroatoms. The van der Waals surface area contributed by atoms with Gasteiger partial charge < -0.3 is 10.6 Å². The highest BCUT2D eigenvalue weighted by Gasteiger charge is 2.36. The summed E-state index contributed by atoms with van der Waals surface area (Å²) in [5.41, 5.74) is -2.36. The van der Waals surface area contributed by atoms with Crippen LogP contribution in [0.3, 0.4) is 0 Å². The van der Waals surface area contributed by atoms with E-state index in [1.54, 1.807) is 6.92 Å². The molecule has 144 valence electrons. The van der Waals surface area contributed by atoms with Gasteiger partial charge in [0.2, 0.25) is 0 Å². The zero-order valence-corrected chi connectivity index (χ0v) is 14.5. The molecule has 1 aliphatic carbocycles. The van der Waals surface area contributed by atoms with Gasteiger partial charge in [0.1, 0.15) is 0 Å². The van der Waals surface area contributed by atoms with Crippen molar-refractivity contribution in [1.82, 2.24) is 0 Å². The summed E-state index contributed by atoms with van der Waals surface area (Å²) in [6, 6.07) is 2.06. The lowest BCUT2D eigenvalue weighted by Crippen LogP contribution is -2.96. The lowest BCUT2D eigenvalue weighted by Gasteiger charge is -2.19. The van der Waals surface area contributed by atoms with Crippen molar-refractivity contribution < 1.29 is 28.2 Å². The summed E-state index contributed by atoms with van der Waals surface area (Å²) in [7, 11) is 0. The monoisotopic (exact) mass is 374 g/mol. The number of quaternary nitrogens is 1. The van der Waals surface area contributed by atoms with E-state index in [9.17, 15) is 28.1 Å². The van der Waals surface area contributed by atoms with Crippen LogP contribution in [0.15, 0.2) is 18.2 Å². The molecule has 3 N–H and O–H groups in total. The maximum atomic E-state index is 13.2. The quantitative estimate of drug-likeness (QED) is 0.471. The molecule has 0 radical (unpaired) electrons. The maximum absolute atomic E-state index is 13.2. The van der Waals surface area contributed by atoms with E-state index in [4.69, 9.17) is 0 Å². The number of nitrogens with two attached hydrogens (primary N) is 1. The van der Waals surface area contributed by atoms with E-state index in [1.807, 2.05) is 5.32 Å². The molecule has 1 atom stereocenters. The van der Waals surface area contributed by atoms with Gasteiger partial charge in [-0.3, -0.25) is 14.9 Å². The highest BCUT2D eigenvalue weighted by molar-refractivity contribution is 5.94. The molecule has 0 aromatic heterocycles. The maximum Gasteiger partial charge on any atom is 0.418 e. The minimum absolute atomic E-state index is 0.289. The van der Waals surface area contributed by atoms with Crippen LogP contribution in [0, 0.1) is 10.1 Å². The number of non-ortho nitro benzene ring substituents is 1. The lowest BCUT2D eigenvalue weighted by atomic mass is 10.1. The van der Waals surface area contributed by atoms with Crippen LogP contribution in [-0.4, -0.2) is 22.9 Å². The number of hydrogen-bond acceptors (Lipinski definition) is 3. The van der Waals surface area contributed by atoms with Crippen LogP contribution in [0.25, 0.3) is 0 Å². The van der Waals surface area contributed by atoms with Gasteiger partial charge in [-0.15, -0.1) is 0 Å². The van der Waals surface area contributed by atoms with Crippen LogP contribution in [0.1, 0.15) is 51.0 Å². The number of benzene rings is 1.